The second-order valence-electron chi connectivity index (χ2n) is 5.71. The van der Waals surface area contributed by atoms with Crippen molar-refractivity contribution in [1.82, 2.24) is 19.9 Å². The molecule has 2 aromatic rings. The highest BCUT2D eigenvalue weighted by molar-refractivity contribution is 5.79. The second-order valence-corrected chi connectivity index (χ2v) is 5.71. The predicted molar refractivity (Wildman–Crippen MR) is 82.6 cm³/mol. The Bertz CT molecular complexity index is 681. The molecule has 0 spiro atoms. The standard InChI is InChI=1S/C16H17N5O2/c22-15-11-23-14-10-20(16-18-6-3-7-19-16)9-13(14)21(15)8-12-4-1-2-5-17-12/h1-7,13-14H,8-11H2/t13-,14+/m1/s1. The summed E-state index contributed by atoms with van der Waals surface area (Å²) in [4.78, 5) is 29.2. The molecule has 2 aromatic heterocycles. The lowest BCUT2D eigenvalue weighted by molar-refractivity contribution is -0.154. The minimum atomic E-state index is -0.0137. The summed E-state index contributed by atoms with van der Waals surface area (Å²) in [6.45, 7) is 2.00. The maximum Gasteiger partial charge on any atom is 0.249 e. The molecule has 23 heavy (non-hydrogen) atoms. The molecule has 2 aliphatic rings. The van der Waals surface area contributed by atoms with E-state index in [9.17, 15) is 4.79 Å². The van der Waals surface area contributed by atoms with Crippen LogP contribution >= 0.6 is 0 Å². The summed E-state index contributed by atoms with van der Waals surface area (Å²) >= 11 is 0. The minimum Gasteiger partial charge on any atom is -0.364 e. The van der Waals surface area contributed by atoms with E-state index in [2.05, 4.69) is 19.9 Å². The molecule has 0 aliphatic carbocycles. The van der Waals surface area contributed by atoms with Gasteiger partial charge in [0.25, 0.3) is 0 Å². The van der Waals surface area contributed by atoms with Crippen molar-refractivity contribution in [2.24, 2.45) is 0 Å². The Hall–Kier alpha value is -2.54. The van der Waals surface area contributed by atoms with E-state index in [1.165, 1.54) is 0 Å². The lowest BCUT2D eigenvalue weighted by atomic mass is 10.1. The van der Waals surface area contributed by atoms with E-state index in [4.69, 9.17) is 4.74 Å². The lowest BCUT2D eigenvalue weighted by Gasteiger charge is -2.36. The van der Waals surface area contributed by atoms with Gasteiger partial charge in [0.05, 0.1) is 24.4 Å². The van der Waals surface area contributed by atoms with Gasteiger partial charge in [-0.05, 0) is 18.2 Å². The first kappa shape index (κ1) is 14.1. The second kappa shape index (κ2) is 5.92. The van der Waals surface area contributed by atoms with E-state index >= 15 is 0 Å². The summed E-state index contributed by atoms with van der Waals surface area (Å²) in [7, 11) is 0. The molecule has 2 atom stereocenters. The van der Waals surface area contributed by atoms with Gasteiger partial charge in [0.1, 0.15) is 6.61 Å². The Morgan fingerprint density at radius 2 is 1.91 bits per heavy atom. The smallest absolute Gasteiger partial charge is 0.249 e. The van der Waals surface area contributed by atoms with Gasteiger partial charge >= 0.3 is 0 Å². The van der Waals surface area contributed by atoms with Crippen molar-refractivity contribution in [3.63, 3.8) is 0 Å². The Morgan fingerprint density at radius 3 is 2.70 bits per heavy atom. The molecular weight excluding hydrogens is 294 g/mol. The Labute approximate surface area is 133 Å². The summed E-state index contributed by atoms with van der Waals surface area (Å²) in [5, 5.41) is 0. The summed E-state index contributed by atoms with van der Waals surface area (Å²) in [6.07, 6.45) is 5.18. The van der Waals surface area contributed by atoms with Crippen LogP contribution in [0.25, 0.3) is 0 Å². The fraction of sp³-hybridized carbons (Fsp3) is 0.375. The third-order valence-electron chi connectivity index (χ3n) is 4.27. The number of nitrogens with zero attached hydrogens (tertiary/aromatic N) is 5. The number of anilines is 1. The first-order valence-corrected chi connectivity index (χ1v) is 7.64. The molecule has 7 heteroatoms. The van der Waals surface area contributed by atoms with Crippen LogP contribution in [-0.2, 0) is 16.1 Å². The fourth-order valence-electron chi connectivity index (χ4n) is 3.16. The predicted octanol–water partition coefficient (Wildman–Crippen LogP) is 0.488. The molecule has 2 saturated heterocycles. The Balaban J connectivity index is 1.54. The summed E-state index contributed by atoms with van der Waals surface area (Å²) < 4.78 is 5.72. The van der Waals surface area contributed by atoms with Gasteiger partial charge in [-0.25, -0.2) is 9.97 Å². The number of morpholine rings is 1. The molecule has 2 fully saturated rings. The van der Waals surface area contributed by atoms with Crippen LogP contribution in [0.4, 0.5) is 5.95 Å². The van der Waals surface area contributed by atoms with Crippen molar-refractivity contribution < 1.29 is 9.53 Å². The van der Waals surface area contributed by atoms with E-state index < -0.39 is 0 Å². The van der Waals surface area contributed by atoms with Gasteiger partial charge in [-0.1, -0.05) is 6.07 Å². The first-order valence-electron chi connectivity index (χ1n) is 7.64. The molecule has 4 heterocycles. The molecule has 7 nitrogen and oxygen atoms in total. The molecule has 0 bridgehead atoms. The highest BCUT2D eigenvalue weighted by Gasteiger charge is 2.43. The monoisotopic (exact) mass is 311 g/mol. The number of ether oxygens (including phenoxy) is 1. The molecule has 0 saturated carbocycles. The molecule has 0 N–H and O–H groups in total. The number of carbonyl (C=O) groups excluding carboxylic acids is 1. The van der Waals surface area contributed by atoms with Crippen molar-refractivity contribution in [2.45, 2.75) is 18.7 Å². The van der Waals surface area contributed by atoms with E-state index in [1.807, 2.05) is 23.1 Å². The number of fused-ring (bicyclic) bond motifs is 1. The Kier molecular flexibility index (Phi) is 3.63. The number of carbonyl (C=O) groups is 1. The number of amides is 1. The highest BCUT2D eigenvalue weighted by atomic mass is 16.5. The Morgan fingerprint density at radius 1 is 1.09 bits per heavy atom. The first-order chi connectivity index (χ1) is 11.3. The maximum absolute atomic E-state index is 12.3. The van der Waals surface area contributed by atoms with E-state index in [0.717, 1.165) is 5.69 Å². The zero-order valence-corrected chi connectivity index (χ0v) is 12.6. The average molecular weight is 311 g/mol. The maximum atomic E-state index is 12.3. The number of aromatic nitrogens is 3. The fourth-order valence-corrected chi connectivity index (χ4v) is 3.16. The quantitative estimate of drug-likeness (QED) is 0.821. The molecule has 0 unspecified atom stereocenters. The molecule has 0 aromatic carbocycles. The normalized spacial score (nSPS) is 23.9. The SMILES string of the molecule is O=C1CO[C@H]2CN(c3ncccn3)C[C@H]2N1Cc1ccccn1. The van der Waals surface area contributed by atoms with E-state index in [1.54, 1.807) is 24.7 Å². The van der Waals surface area contributed by atoms with Crippen LogP contribution in [0.5, 0.6) is 0 Å². The van der Waals surface area contributed by atoms with Gasteiger partial charge in [-0.3, -0.25) is 9.78 Å². The highest BCUT2D eigenvalue weighted by Crippen LogP contribution is 2.26. The van der Waals surface area contributed by atoms with Gasteiger partial charge < -0.3 is 14.5 Å². The van der Waals surface area contributed by atoms with Gasteiger partial charge in [0.2, 0.25) is 11.9 Å². The van der Waals surface area contributed by atoms with Crippen LogP contribution in [0.2, 0.25) is 0 Å². The van der Waals surface area contributed by atoms with Crippen molar-refractivity contribution in [3.8, 4) is 0 Å². The summed E-state index contributed by atoms with van der Waals surface area (Å²) in [5.74, 6) is 0.684. The zero-order chi connectivity index (χ0) is 15.6. The third-order valence-corrected chi connectivity index (χ3v) is 4.27. The van der Waals surface area contributed by atoms with Crippen LogP contribution in [-0.4, -0.2) is 57.6 Å². The number of pyridine rings is 1. The van der Waals surface area contributed by atoms with Gasteiger partial charge in [-0.15, -0.1) is 0 Å². The topological polar surface area (TPSA) is 71.5 Å². The summed E-state index contributed by atoms with van der Waals surface area (Å²) in [5.41, 5.74) is 0.885. The average Bonchev–Trinajstić information content (AvgIpc) is 3.04. The van der Waals surface area contributed by atoms with Gasteiger partial charge in [0.15, 0.2) is 0 Å². The molecular formula is C16H17N5O2. The third kappa shape index (κ3) is 2.75. The van der Waals surface area contributed by atoms with Crippen LogP contribution in [0.1, 0.15) is 5.69 Å². The molecule has 0 radical (unpaired) electrons. The van der Waals surface area contributed by atoms with Crippen molar-refractivity contribution in [3.05, 3.63) is 48.5 Å². The number of rotatable bonds is 3. The zero-order valence-electron chi connectivity index (χ0n) is 12.6. The van der Waals surface area contributed by atoms with Crippen molar-refractivity contribution >= 4 is 11.9 Å². The van der Waals surface area contributed by atoms with Crippen LogP contribution in [0.3, 0.4) is 0 Å². The molecule has 118 valence electrons. The van der Waals surface area contributed by atoms with Gasteiger partial charge in [-0.2, -0.15) is 0 Å². The summed E-state index contributed by atoms with van der Waals surface area (Å²) in [6, 6.07) is 7.54. The van der Waals surface area contributed by atoms with Crippen LogP contribution in [0.15, 0.2) is 42.9 Å². The van der Waals surface area contributed by atoms with E-state index in [-0.39, 0.29) is 24.7 Å². The van der Waals surface area contributed by atoms with E-state index in [0.29, 0.717) is 25.6 Å². The molecule has 4 rings (SSSR count). The molecule has 1 amide bonds. The van der Waals surface area contributed by atoms with Crippen LogP contribution < -0.4 is 4.90 Å². The van der Waals surface area contributed by atoms with Crippen molar-refractivity contribution in [2.75, 3.05) is 24.6 Å². The number of hydrogen-bond donors (Lipinski definition) is 0. The van der Waals surface area contributed by atoms with Crippen LogP contribution in [0, 0.1) is 0 Å². The number of hydrogen-bond acceptors (Lipinski definition) is 6. The largest absolute Gasteiger partial charge is 0.364 e. The van der Waals surface area contributed by atoms with Gasteiger partial charge in [0, 0.05) is 31.7 Å². The van der Waals surface area contributed by atoms with Crippen molar-refractivity contribution in [1.29, 1.82) is 0 Å². The minimum absolute atomic E-state index is 0.00191. The molecule has 2 aliphatic heterocycles. The lowest BCUT2D eigenvalue weighted by Crippen LogP contribution is -2.53.